The molecule has 1 rings (SSSR count). The molecule has 94 valence electrons. The Bertz CT molecular complexity index is 403. The number of carboxylic acid groups (broad SMARTS) is 1. The van der Waals surface area contributed by atoms with E-state index in [4.69, 9.17) is 5.11 Å². The Morgan fingerprint density at radius 2 is 2.29 bits per heavy atom. The standard InChI is InChI=1S/C11H15NO3S2/c1-7(5-9(13)14)6-12-11(15)10-8(16-2)3-4-17-10/h3-4,7H,5-6H2,1-2H3,(H,12,15)(H,13,14). The Balaban J connectivity index is 2.47. The van der Waals surface area contributed by atoms with Gasteiger partial charge < -0.3 is 10.4 Å². The van der Waals surface area contributed by atoms with Crippen LogP contribution in [0.2, 0.25) is 0 Å². The van der Waals surface area contributed by atoms with Crippen molar-refractivity contribution in [2.45, 2.75) is 18.2 Å². The molecule has 0 aliphatic rings. The van der Waals surface area contributed by atoms with Gasteiger partial charge in [-0.2, -0.15) is 0 Å². The van der Waals surface area contributed by atoms with Gasteiger partial charge in [0.1, 0.15) is 4.88 Å². The number of carboxylic acids is 1. The first kappa shape index (κ1) is 14.1. The van der Waals surface area contributed by atoms with Crippen LogP contribution in [0, 0.1) is 5.92 Å². The first-order chi connectivity index (χ1) is 8.04. The fourth-order valence-electron chi connectivity index (χ4n) is 1.34. The van der Waals surface area contributed by atoms with Crippen molar-refractivity contribution in [2.24, 2.45) is 5.92 Å². The highest BCUT2D eigenvalue weighted by atomic mass is 32.2. The smallest absolute Gasteiger partial charge is 0.303 e. The van der Waals surface area contributed by atoms with Crippen LogP contribution in [0.25, 0.3) is 0 Å². The Morgan fingerprint density at radius 1 is 1.59 bits per heavy atom. The van der Waals surface area contributed by atoms with E-state index in [9.17, 15) is 9.59 Å². The van der Waals surface area contributed by atoms with Crippen LogP contribution in [0.4, 0.5) is 0 Å². The third-order valence-electron chi connectivity index (χ3n) is 2.19. The fraction of sp³-hybridized carbons (Fsp3) is 0.455. The summed E-state index contributed by atoms with van der Waals surface area (Å²) in [5.74, 6) is -1.02. The fourth-order valence-corrected chi connectivity index (χ4v) is 3.01. The monoisotopic (exact) mass is 273 g/mol. The normalized spacial score (nSPS) is 12.1. The molecular formula is C11H15NO3S2. The predicted octanol–water partition coefficient (Wildman–Crippen LogP) is 2.31. The third kappa shape index (κ3) is 4.40. The summed E-state index contributed by atoms with van der Waals surface area (Å²) in [5.41, 5.74) is 0. The molecule has 0 fully saturated rings. The van der Waals surface area contributed by atoms with Crippen LogP contribution in [0.5, 0.6) is 0 Å². The molecule has 1 aromatic heterocycles. The molecule has 0 aliphatic carbocycles. The van der Waals surface area contributed by atoms with Crippen LogP contribution in [0.3, 0.4) is 0 Å². The highest BCUT2D eigenvalue weighted by Gasteiger charge is 2.14. The summed E-state index contributed by atoms with van der Waals surface area (Å²) in [6.45, 7) is 2.19. The second kappa shape index (κ2) is 6.66. The molecule has 1 aromatic rings. The highest BCUT2D eigenvalue weighted by molar-refractivity contribution is 7.98. The number of hydrogen-bond acceptors (Lipinski definition) is 4. The van der Waals surface area contributed by atoms with Gasteiger partial charge in [-0.1, -0.05) is 6.92 Å². The van der Waals surface area contributed by atoms with Crippen molar-refractivity contribution in [1.29, 1.82) is 0 Å². The molecule has 0 bridgehead atoms. The van der Waals surface area contributed by atoms with Gasteiger partial charge in [0.05, 0.1) is 0 Å². The maximum absolute atomic E-state index is 11.8. The maximum Gasteiger partial charge on any atom is 0.303 e. The van der Waals surface area contributed by atoms with Crippen LogP contribution >= 0.6 is 23.1 Å². The van der Waals surface area contributed by atoms with Crippen LogP contribution < -0.4 is 5.32 Å². The molecule has 1 heterocycles. The summed E-state index contributed by atoms with van der Waals surface area (Å²) in [5, 5.41) is 13.2. The Morgan fingerprint density at radius 3 is 2.88 bits per heavy atom. The summed E-state index contributed by atoms with van der Waals surface area (Å²) in [7, 11) is 0. The van der Waals surface area contributed by atoms with Crippen LogP contribution in [-0.4, -0.2) is 29.8 Å². The number of aliphatic carboxylic acids is 1. The van der Waals surface area contributed by atoms with E-state index in [1.54, 1.807) is 6.92 Å². The van der Waals surface area contributed by atoms with Crippen LogP contribution in [-0.2, 0) is 4.79 Å². The van der Waals surface area contributed by atoms with Gasteiger partial charge in [0.15, 0.2) is 0 Å². The van der Waals surface area contributed by atoms with Gasteiger partial charge in [0, 0.05) is 17.9 Å². The van der Waals surface area contributed by atoms with E-state index >= 15 is 0 Å². The molecule has 6 heteroatoms. The predicted molar refractivity (Wildman–Crippen MR) is 69.9 cm³/mol. The Labute approximate surface area is 108 Å². The van der Waals surface area contributed by atoms with E-state index in [2.05, 4.69) is 5.32 Å². The molecule has 0 radical (unpaired) electrons. The SMILES string of the molecule is CSc1ccsc1C(=O)NCC(C)CC(=O)O. The van der Waals surface area contributed by atoms with Crippen molar-refractivity contribution in [1.82, 2.24) is 5.32 Å². The molecule has 17 heavy (non-hydrogen) atoms. The largest absolute Gasteiger partial charge is 0.481 e. The summed E-state index contributed by atoms with van der Waals surface area (Å²) in [6.07, 6.45) is 1.99. The van der Waals surface area contributed by atoms with Gasteiger partial charge in [-0.25, -0.2) is 0 Å². The summed E-state index contributed by atoms with van der Waals surface area (Å²) < 4.78 is 0. The molecule has 0 saturated heterocycles. The number of hydrogen-bond donors (Lipinski definition) is 2. The topological polar surface area (TPSA) is 66.4 Å². The average molecular weight is 273 g/mol. The first-order valence-corrected chi connectivity index (χ1v) is 7.26. The zero-order valence-corrected chi connectivity index (χ0v) is 11.4. The van der Waals surface area contributed by atoms with Crippen molar-refractivity contribution in [3.63, 3.8) is 0 Å². The van der Waals surface area contributed by atoms with Gasteiger partial charge in [0.25, 0.3) is 5.91 Å². The van der Waals surface area contributed by atoms with Gasteiger partial charge in [-0.3, -0.25) is 9.59 Å². The van der Waals surface area contributed by atoms with E-state index in [0.717, 1.165) is 4.90 Å². The molecule has 4 nitrogen and oxygen atoms in total. The lowest BCUT2D eigenvalue weighted by molar-refractivity contribution is -0.137. The Kier molecular flexibility index (Phi) is 5.50. The zero-order chi connectivity index (χ0) is 12.8. The number of nitrogens with one attached hydrogen (secondary N) is 1. The molecule has 0 saturated carbocycles. The number of carbonyl (C=O) groups is 2. The molecule has 1 unspecified atom stereocenters. The van der Waals surface area contributed by atoms with Crippen LogP contribution in [0.15, 0.2) is 16.3 Å². The number of amides is 1. The van der Waals surface area contributed by atoms with Crippen molar-refractivity contribution < 1.29 is 14.7 Å². The highest BCUT2D eigenvalue weighted by Crippen LogP contribution is 2.25. The lowest BCUT2D eigenvalue weighted by atomic mass is 10.1. The number of thioether (sulfide) groups is 1. The Hall–Kier alpha value is -1.01. The summed E-state index contributed by atoms with van der Waals surface area (Å²) >= 11 is 2.93. The first-order valence-electron chi connectivity index (χ1n) is 5.16. The molecule has 0 spiro atoms. The van der Waals surface area contributed by atoms with Gasteiger partial charge >= 0.3 is 5.97 Å². The number of carbonyl (C=O) groups excluding carboxylic acids is 1. The van der Waals surface area contributed by atoms with Crippen molar-refractivity contribution >= 4 is 35.0 Å². The third-order valence-corrected chi connectivity index (χ3v) is 4.01. The van der Waals surface area contributed by atoms with E-state index in [1.807, 2.05) is 17.7 Å². The second-order valence-corrected chi connectivity index (χ2v) is 5.50. The van der Waals surface area contributed by atoms with Gasteiger partial charge in [0.2, 0.25) is 0 Å². The molecule has 2 N–H and O–H groups in total. The second-order valence-electron chi connectivity index (χ2n) is 3.73. The van der Waals surface area contributed by atoms with Crippen molar-refractivity contribution in [2.75, 3.05) is 12.8 Å². The molecule has 1 atom stereocenters. The van der Waals surface area contributed by atoms with E-state index in [0.29, 0.717) is 11.4 Å². The van der Waals surface area contributed by atoms with Gasteiger partial charge in [-0.15, -0.1) is 23.1 Å². The molecule has 1 amide bonds. The minimum Gasteiger partial charge on any atom is -0.481 e. The van der Waals surface area contributed by atoms with Gasteiger partial charge in [-0.05, 0) is 23.6 Å². The molecule has 0 aromatic carbocycles. The molecular weight excluding hydrogens is 258 g/mol. The number of thiophene rings is 1. The van der Waals surface area contributed by atoms with E-state index in [1.165, 1.54) is 23.1 Å². The van der Waals surface area contributed by atoms with E-state index < -0.39 is 5.97 Å². The van der Waals surface area contributed by atoms with Crippen molar-refractivity contribution in [3.05, 3.63) is 16.3 Å². The molecule has 0 aliphatic heterocycles. The maximum atomic E-state index is 11.8. The lowest BCUT2D eigenvalue weighted by Gasteiger charge is -2.10. The summed E-state index contributed by atoms with van der Waals surface area (Å²) in [6, 6.07) is 1.91. The minimum atomic E-state index is -0.840. The van der Waals surface area contributed by atoms with E-state index in [-0.39, 0.29) is 18.2 Å². The number of rotatable bonds is 6. The zero-order valence-electron chi connectivity index (χ0n) is 9.73. The average Bonchev–Trinajstić information content (AvgIpc) is 2.72. The lowest BCUT2D eigenvalue weighted by Crippen LogP contribution is -2.28. The summed E-state index contributed by atoms with van der Waals surface area (Å²) in [4.78, 5) is 23.9. The quantitative estimate of drug-likeness (QED) is 0.781. The van der Waals surface area contributed by atoms with Crippen molar-refractivity contribution in [3.8, 4) is 0 Å². The van der Waals surface area contributed by atoms with Crippen LogP contribution in [0.1, 0.15) is 23.0 Å². The minimum absolute atomic E-state index is 0.0610.